The lowest BCUT2D eigenvalue weighted by molar-refractivity contribution is -0.120. The Balaban J connectivity index is 1.61. The van der Waals surface area contributed by atoms with Crippen molar-refractivity contribution in [2.75, 3.05) is 10.8 Å². The van der Waals surface area contributed by atoms with Crippen molar-refractivity contribution in [3.8, 4) is 0 Å². The van der Waals surface area contributed by atoms with Crippen LogP contribution in [0.5, 0.6) is 0 Å². The molecule has 4 rings (SSSR count). The highest BCUT2D eigenvalue weighted by Gasteiger charge is 2.29. The molecule has 1 N–H and O–H groups in total. The molecule has 0 heterocycles. The number of amides is 1. The molecule has 1 unspecified atom stereocenters. The first-order chi connectivity index (χ1) is 15.8. The summed E-state index contributed by atoms with van der Waals surface area (Å²) in [6.45, 7) is 1.45. The van der Waals surface area contributed by atoms with Crippen LogP contribution in [0.4, 0.5) is 5.69 Å². The minimum absolute atomic E-state index is 0.0560. The Morgan fingerprint density at radius 2 is 1.73 bits per heavy atom. The van der Waals surface area contributed by atoms with Crippen LogP contribution in [0.3, 0.4) is 0 Å². The number of halogens is 2. The Labute approximate surface area is 204 Å². The Morgan fingerprint density at radius 3 is 2.48 bits per heavy atom. The molecule has 1 atom stereocenters. The number of aryl methyl sites for hydroxylation is 2. The lowest BCUT2D eigenvalue weighted by Crippen LogP contribution is -2.41. The lowest BCUT2D eigenvalue weighted by atomic mass is 10.0. The quantitative estimate of drug-likeness (QED) is 0.460. The highest BCUT2D eigenvalue weighted by atomic mass is 35.5. The van der Waals surface area contributed by atoms with Crippen LogP contribution in [0.2, 0.25) is 10.0 Å². The van der Waals surface area contributed by atoms with Gasteiger partial charge < -0.3 is 5.32 Å². The summed E-state index contributed by atoms with van der Waals surface area (Å²) < 4.78 is 27.9. The molecule has 0 aliphatic heterocycles. The predicted molar refractivity (Wildman–Crippen MR) is 132 cm³/mol. The van der Waals surface area contributed by atoms with Gasteiger partial charge >= 0.3 is 0 Å². The zero-order chi connectivity index (χ0) is 23.6. The van der Waals surface area contributed by atoms with Crippen LogP contribution in [0.15, 0.2) is 71.6 Å². The van der Waals surface area contributed by atoms with Crippen molar-refractivity contribution in [2.24, 2.45) is 0 Å². The third-order valence-corrected chi connectivity index (χ3v) is 8.40. The molecule has 0 bridgehead atoms. The number of carbonyl (C=O) groups is 1. The van der Waals surface area contributed by atoms with Crippen molar-refractivity contribution < 1.29 is 13.2 Å². The van der Waals surface area contributed by atoms with E-state index in [2.05, 4.69) is 17.4 Å². The standard InChI is InChI=1S/C25H24Cl2N2O3S/c1-17(19-14-13-18-7-5-8-20(18)15-19)28-24(30)16-29(23-12-6-11-22(26)25(23)27)33(31,32)21-9-3-2-4-10-21/h2-4,6,9-15,17H,5,7-8,16H2,1H3,(H,28,30). The number of fused-ring (bicyclic) bond motifs is 1. The van der Waals surface area contributed by atoms with Gasteiger partial charge in [-0.25, -0.2) is 8.42 Å². The zero-order valence-electron chi connectivity index (χ0n) is 18.1. The van der Waals surface area contributed by atoms with E-state index in [9.17, 15) is 13.2 Å². The summed E-state index contributed by atoms with van der Waals surface area (Å²) in [5.41, 5.74) is 3.80. The number of carbonyl (C=O) groups excluding carboxylic acids is 1. The lowest BCUT2D eigenvalue weighted by Gasteiger charge is -2.26. The van der Waals surface area contributed by atoms with Crippen LogP contribution in [0, 0.1) is 0 Å². The van der Waals surface area contributed by atoms with E-state index in [1.807, 2.05) is 13.0 Å². The van der Waals surface area contributed by atoms with E-state index >= 15 is 0 Å². The number of nitrogens with zero attached hydrogens (tertiary/aromatic N) is 1. The first-order valence-electron chi connectivity index (χ1n) is 10.7. The number of benzene rings is 3. The summed E-state index contributed by atoms with van der Waals surface area (Å²) in [6.07, 6.45) is 3.27. The highest BCUT2D eigenvalue weighted by Crippen LogP contribution is 2.35. The maximum atomic E-state index is 13.5. The topological polar surface area (TPSA) is 66.5 Å². The van der Waals surface area contributed by atoms with Gasteiger partial charge in [-0.15, -0.1) is 0 Å². The molecular weight excluding hydrogens is 479 g/mol. The fourth-order valence-electron chi connectivity index (χ4n) is 4.07. The molecule has 0 fully saturated rings. The number of rotatable bonds is 7. The molecule has 0 saturated carbocycles. The first-order valence-corrected chi connectivity index (χ1v) is 12.9. The smallest absolute Gasteiger partial charge is 0.264 e. The SMILES string of the molecule is CC(NC(=O)CN(c1cccc(Cl)c1Cl)S(=O)(=O)c1ccccc1)c1ccc2c(c1)CCC2. The van der Waals surface area contributed by atoms with Crippen LogP contribution >= 0.6 is 23.2 Å². The monoisotopic (exact) mass is 502 g/mol. The van der Waals surface area contributed by atoms with Crippen molar-refractivity contribution in [3.63, 3.8) is 0 Å². The molecule has 3 aromatic carbocycles. The van der Waals surface area contributed by atoms with Gasteiger partial charge in [0.25, 0.3) is 10.0 Å². The van der Waals surface area contributed by atoms with Crippen LogP contribution in [0.25, 0.3) is 0 Å². The fraction of sp³-hybridized carbons (Fsp3) is 0.240. The second-order valence-electron chi connectivity index (χ2n) is 8.07. The van der Waals surface area contributed by atoms with Crippen molar-refractivity contribution in [1.82, 2.24) is 5.32 Å². The number of anilines is 1. The average molecular weight is 503 g/mol. The van der Waals surface area contributed by atoms with Gasteiger partial charge in [-0.2, -0.15) is 0 Å². The van der Waals surface area contributed by atoms with Gasteiger partial charge in [0.15, 0.2) is 0 Å². The molecule has 3 aromatic rings. The molecular formula is C25H24Cl2N2O3S. The third kappa shape index (κ3) is 5.03. The van der Waals surface area contributed by atoms with Gasteiger partial charge in [-0.1, -0.05) is 65.7 Å². The minimum atomic E-state index is -4.07. The number of sulfonamides is 1. The van der Waals surface area contributed by atoms with Crippen molar-refractivity contribution >= 4 is 44.8 Å². The molecule has 33 heavy (non-hydrogen) atoms. The second-order valence-corrected chi connectivity index (χ2v) is 10.7. The van der Waals surface area contributed by atoms with Gasteiger partial charge in [0.2, 0.25) is 5.91 Å². The Morgan fingerprint density at radius 1 is 1.00 bits per heavy atom. The van der Waals surface area contributed by atoms with E-state index in [1.165, 1.54) is 29.3 Å². The largest absolute Gasteiger partial charge is 0.348 e. The summed E-state index contributed by atoms with van der Waals surface area (Å²) in [7, 11) is -4.07. The maximum Gasteiger partial charge on any atom is 0.264 e. The normalized spacial score (nSPS) is 13.9. The number of nitrogens with one attached hydrogen (secondary N) is 1. The third-order valence-electron chi connectivity index (χ3n) is 5.82. The summed E-state index contributed by atoms with van der Waals surface area (Å²) >= 11 is 12.5. The van der Waals surface area contributed by atoms with E-state index < -0.39 is 22.5 Å². The van der Waals surface area contributed by atoms with Crippen LogP contribution < -0.4 is 9.62 Å². The Kier molecular flexibility index (Phi) is 6.98. The van der Waals surface area contributed by atoms with E-state index in [4.69, 9.17) is 23.2 Å². The molecule has 8 heteroatoms. The number of hydrogen-bond donors (Lipinski definition) is 1. The van der Waals surface area contributed by atoms with Gasteiger partial charge in [0, 0.05) is 0 Å². The van der Waals surface area contributed by atoms with Crippen LogP contribution in [-0.2, 0) is 27.7 Å². The van der Waals surface area contributed by atoms with Crippen molar-refractivity contribution in [1.29, 1.82) is 0 Å². The summed E-state index contributed by atoms with van der Waals surface area (Å²) in [5.74, 6) is -0.446. The summed E-state index contributed by atoms with van der Waals surface area (Å²) in [5, 5.41) is 3.19. The van der Waals surface area contributed by atoms with Crippen molar-refractivity contribution in [2.45, 2.75) is 37.1 Å². The first kappa shape index (κ1) is 23.6. The molecule has 172 valence electrons. The summed E-state index contributed by atoms with van der Waals surface area (Å²) in [6, 6.07) is 18.6. The molecule has 5 nitrogen and oxygen atoms in total. The molecule has 0 radical (unpaired) electrons. The van der Waals surface area contributed by atoms with E-state index in [0.29, 0.717) is 0 Å². The number of hydrogen-bond acceptors (Lipinski definition) is 3. The van der Waals surface area contributed by atoms with Gasteiger partial charge in [0.05, 0.1) is 26.7 Å². The predicted octanol–water partition coefficient (Wildman–Crippen LogP) is 5.55. The van der Waals surface area contributed by atoms with Crippen LogP contribution in [-0.4, -0.2) is 20.9 Å². The zero-order valence-corrected chi connectivity index (χ0v) is 20.4. The Hall–Kier alpha value is -2.54. The van der Waals surface area contributed by atoms with Gasteiger partial charge in [-0.3, -0.25) is 9.10 Å². The highest BCUT2D eigenvalue weighted by molar-refractivity contribution is 7.92. The molecule has 0 saturated heterocycles. The molecule has 0 spiro atoms. The molecule has 1 aliphatic carbocycles. The Bertz CT molecular complexity index is 1280. The van der Waals surface area contributed by atoms with E-state index in [1.54, 1.807) is 30.3 Å². The molecule has 1 aliphatic rings. The van der Waals surface area contributed by atoms with E-state index in [-0.39, 0.29) is 26.7 Å². The average Bonchev–Trinajstić information content (AvgIpc) is 3.28. The fourth-order valence-corrected chi connectivity index (χ4v) is 5.97. The van der Waals surface area contributed by atoms with E-state index in [0.717, 1.165) is 29.1 Å². The van der Waals surface area contributed by atoms with Crippen molar-refractivity contribution in [3.05, 3.63) is 93.5 Å². The molecule has 0 aromatic heterocycles. The summed E-state index contributed by atoms with van der Waals surface area (Å²) in [4.78, 5) is 13.1. The van der Waals surface area contributed by atoms with Crippen LogP contribution in [0.1, 0.15) is 36.1 Å². The molecule has 1 amide bonds. The minimum Gasteiger partial charge on any atom is -0.348 e. The maximum absolute atomic E-state index is 13.5. The van der Waals surface area contributed by atoms with Gasteiger partial charge in [0.1, 0.15) is 6.54 Å². The van der Waals surface area contributed by atoms with Gasteiger partial charge in [-0.05, 0) is 67.1 Å². The second kappa shape index (κ2) is 9.75.